The van der Waals surface area contributed by atoms with Gasteiger partial charge in [0.2, 0.25) is 35.4 Å². The Morgan fingerprint density at radius 3 is 2.02 bits per heavy atom. The number of aliphatic hydroxyl groups excluding tert-OH is 3. The van der Waals surface area contributed by atoms with E-state index in [9.17, 15) is 58.8 Å². The zero-order chi connectivity index (χ0) is 44.3. The number of carbonyl (C=O) groups is 8. The predicted octanol–water partition coefficient (Wildman–Crippen LogP) is -6.24. The van der Waals surface area contributed by atoms with Crippen LogP contribution < -0.4 is 38.1 Å². The average molecular weight is 850 g/mol. The molecule has 6 amide bonds. The Balaban J connectivity index is 1.67. The number of nitrogens with two attached hydrogens (primary N) is 2. The van der Waals surface area contributed by atoms with Gasteiger partial charge in [-0.3, -0.25) is 33.6 Å². The molecule has 0 radical (unpaired) electrons. The first-order chi connectivity index (χ1) is 27.6. The van der Waals surface area contributed by atoms with Gasteiger partial charge in [-0.1, -0.05) is 0 Å². The molecule has 0 saturated carbocycles. The molecule has 15 atom stereocenters. The summed E-state index contributed by atoms with van der Waals surface area (Å²) in [6, 6.07) is -7.84. The summed E-state index contributed by atoms with van der Waals surface area (Å²) in [7, 11) is 0. The highest BCUT2D eigenvalue weighted by atomic mass is 16.8. The molecule has 334 valence electrons. The third kappa shape index (κ3) is 13.7. The average Bonchev–Trinajstić information content (AvgIpc) is 3.60. The highest BCUT2D eigenvalue weighted by molar-refractivity contribution is 5.92. The van der Waals surface area contributed by atoms with Crippen molar-refractivity contribution < 1.29 is 87.6 Å². The summed E-state index contributed by atoms with van der Waals surface area (Å²) < 4.78 is 29.6. The fraction of sp³-hybridized carbons (Fsp3) is 0.765. The molecule has 3 aliphatic heterocycles. The first-order valence-electron chi connectivity index (χ1n) is 18.8. The Kier molecular flexibility index (Phi) is 18.3. The van der Waals surface area contributed by atoms with Gasteiger partial charge in [0.25, 0.3) is 0 Å². The van der Waals surface area contributed by atoms with Crippen molar-refractivity contribution in [1.29, 1.82) is 0 Å². The van der Waals surface area contributed by atoms with E-state index in [1.165, 1.54) is 20.8 Å². The summed E-state index contributed by atoms with van der Waals surface area (Å²) in [5, 5.41) is 61.5. The molecule has 3 unspecified atom stereocenters. The molecule has 3 aliphatic rings. The number of carboxylic acids is 2. The summed E-state index contributed by atoms with van der Waals surface area (Å²) in [6.07, 6.45) is -13.0. The number of carbonyl (C=O) groups excluding carboxylic acids is 6. The molecule has 0 spiro atoms. The van der Waals surface area contributed by atoms with E-state index in [0.717, 1.165) is 6.92 Å². The molecule has 59 heavy (non-hydrogen) atoms. The van der Waals surface area contributed by atoms with Crippen molar-refractivity contribution in [2.75, 3.05) is 13.2 Å². The molecule has 25 nitrogen and oxygen atoms in total. The molecule has 3 saturated heterocycles. The minimum Gasteiger partial charge on any atom is -0.480 e. The maximum Gasteiger partial charge on any atom is 0.326 e. The van der Waals surface area contributed by atoms with Crippen molar-refractivity contribution in [3.05, 3.63) is 0 Å². The Morgan fingerprint density at radius 2 is 1.44 bits per heavy atom. The van der Waals surface area contributed by atoms with E-state index < -0.39 is 152 Å². The highest BCUT2D eigenvalue weighted by Gasteiger charge is 2.56. The fourth-order valence-electron chi connectivity index (χ4n) is 6.57. The molecular weight excluding hydrogens is 794 g/mol. The van der Waals surface area contributed by atoms with Crippen molar-refractivity contribution in [3.8, 4) is 0 Å². The lowest BCUT2D eigenvalue weighted by molar-refractivity contribution is -0.313. The predicted molar refractivity (Wildman–Crippen MR) is 194 cm³/mol. The summed E-state index contributed by atoms with van der Waals surface area (Å²) in [6.45, 7) is 4.10. The molecule has 2 bridgehead atoms. The van der Waals surface area contributed by atoms with Gasteiger partial charge < -0.3 is 87.3 Å². The molecule has 0 aromatic carbocycles. The number of carboxylic acid groups (broad SMARTS) is 2. The highest BCUT2D eigenvalue weighted by Crippen LogP contribution is 2.35. The van der Waals surface area contributed by atoms with Gasteiger partial charge in [-0.05, 0) is 39.5 Å². The van der Waals surface area contributed by atoms with Crippen molar-refractivity contribution >= 4 is 47.4 Å². The minimum atomic E-state index is -1.67. The molecular formula is C34H55N7O18. The summed E-state index contributed by atoms with van der Waals surface area (Å²) in [5.74, 6) is -7.43. The molecule has 0 aromatic rings. The van der Waals surface area contributed by atoms with Crippen LogP contribution in [0.1, 0.15) is 59.8 Å². The molecule has 0 aliphatic carbocycles. The second kappa shape index (κ2) is 22.1. The van der Waals surface area contributed by atoms with Gasteiger partial charge in [0.15, 0.2) is 12.6 Å². The van der Waals surface area contributed by atoms with Crippen LogP contribution >= 0.6 is 0 Å². The van der Waals surface area contributed by atoms with Gasteiger partial charge in [0, 0.05) is 20.3 Å². The van der Waals surface area contributed by atoms with Crippen LogP contribution in [0.15, 0.2) is 0 Å². The lowest BCUT2D eigenvalue weighted by Crippen LogP contribution is -2.68. The van der Waals surface area contributed by atoms with E-state index in [1.54, 1.807) is 0 Å². The third-order valence-corrected chi connectivity index (χ3v) is 9.74. The Labute approximate surface area is 337 Å². The number of rotatable bonds is 22. The second-order valence-corrected chi connectivity index (χ2v) is 14.4. The monoisotopic (exact) mass is 849 g/mol. The number of hydrogen-bond donors (Lipinski definition) is 12. The topological polar surface area (TPSA) is 396 Å². The molecule has 3 fully saturated rings. The van der Waals surface area contributed by atoms with Gasteiger partial charge in [-0.15, -0.1) is 0 Å². The Bertz CT molecular complexity index is 1540. The zero-order valence-corrected chi connectivity index (χ0v) is 32.8. The standard InChI is InChI=1S/C34H55N7O18/c1-12(29(49)41-17(28(36)48)8-9-21(45)40-18(32(53)54)7-5-6-16(35)31(51)52)37-30(50)13(2)56-27-23(39-15(4)44)33-55-11-20(58-33)26(27)59-34-22(38-14(3)43)25(47)24(46)19(10-42)57-34/h12-13,16-20,22-27,33-34,42,46-47H,5-11,35H2,1-4H3,(H2,36,48)(H,37,50)(H,38,43)(H,39,44)(H,40,45)(H,41,49)(H,51,52)(H,53,54)/t12?,13?,16-,17?,18+,19-,20-,22-,23-,24-,25-,26-,27-,33-,34+/m1/s1. The van der Waals surface area contributed by atoms with Crippen molar-refractivity contribution in [2.24, 2.45) is 11.5 Å². The first-order valence-corrected chi connectivity index (χ1v) is 18.8. The van der Waals surface area contributed by atoms with E-state index in [1.807, 2.05) is 0 Å². The molecule has 25 heteroatoms. The van der Waals surface area contributed by atoms with Crippen LogP contribution in [-0.2, 0) is 62.0 Å². The van der Waals surface area contributed by atoms with Crippen LogP contribution in [0.5, 0.6) is 0 Å². The SMILES string of the molecule is CC(=O)N[C@H]1[C@H](O[C@H]2[C@H](OC(C)C(=O)NC(C)C(=O)NC(CCC(=O)N[C@@H](CCC[C@@H](N)C(=O)O)C(=O)O)C(N)=O)[C@@H](NC(C)=O)[C@@H]3OC[C@H]2O3)O[C@H](CO)[C@@H](O)[C@@H]1O. The number of fused-ring (bicyclic) bond motifs is 2. The molecule has 0 aromatic heterocycles. The summed E-state index contributed by atoms with van der Waals surface area (Å²) in [4.78, 5) is 98.0. The second-order valence-electron chi connectivity index (χ2n) is 14.4. The number of ether oxygens (including phenoxy) is 5. The largest absolute Gasteiger partial charge is 0.480 e. The number of hydrogen-bond acceptors (Lipinski definition) is 17. The van der Waals surface area contributed by atoms with E-state index in [4.69, 9.17) is 40.3 Å². The first kappa shape index (κ1) is 48.8. The van der Waals surface area contributed by atoms with Gasteiger partial charge in [0.1, 0.15) is 79.0 Å². The fourth-order valence-corrected chi connectivity index (χ4v) is 6.57. The van der Waals surface area contributed by atoms with Crippen LogP contribution in [0, 0.1) is 0 Å². The summed E-state index contributed by atoms with van der Waals surface area (Å²) >= 11 is 0. The number of aliphatic carboxylic acids is 2. The van der Waals surface area contributed by atoms with Crippen LogP contribution in [-0.4, -0.2) is 178 Å². The van der Waals surface area contributed by atoms with Gasteiger partial charge in [-0.25, -0.2) is 4.79 Å². The molecule has 3 heterocycles. The van der Waals surface area contributed by atoms with E-state index in [2.05, 4.69) is 26.6 Å². The van der Waals surface area contributed by atoms with Crippen LogP contribution in [0.2, 0.25) is 0 Å². The zero-order valence-electron chi connectivity index (χ0n) is 32.8. The van der Waals surface area contributed by atoms with E-state index in [-0.39, 0.29) is 32.3 Å². The number of primary amides is 1. The van der Waals surface area contributed by atoms with E-state index in [0.29, 0.717) is 0 Å². The minimum absolute atomic E-state index is 0.0373. The van der Waals surface area contributed by atoms with Crippen LogP contribution in [0.25, 0.3) is 0 Å². The van der Waals surface area contributed by atoms with Gasteiger partial charge in [0.05, 0.1) is 13.2 Å². The van der Waals surface area contributed by atoms with Crippen molar-refractivity contribution in [3.63, 3.8) is 0 Å². The number of aliphatic hydroxyl groups is 3. The molecule has 3 rings (SSSR count). The van der Waals surface area contributed by atoms with E-state index >= 15 is 0 Å². The maximum absolute atomic E-state index is 13.4. The molecule has 14 N–H and O–H groups in total. The quantitative estimate of drug-likeness (QED) is 0.0482. The van der Waals surface area contributed by atoms with Crippen LogP contribution in [0.4, 0.5) is 0 Å². The number of nitrogens with one attached hydrogen (secondary N) is 5. The normalized spacial score (nSPS) is 30.0. The summed E-state index contributed by atoms with van der Waals surface area (Å²) in [5.41, 5.74) is 10.9. The van der Waals surface area contributed by atoms with Crippen molar-refractivity contribution in [2.45, 2.75) is 151 Å². The van der Waals surface area contributed by atoms with Crippen molar-refractivity contribution in [1.82, 2.24) is 26.6 Å². The van der Waals surface area contributed by atoms with Crippen LogP contribution in [0.3, 0.4) is 0 Å². The third-order valence-electron chi connectivity index (χ3n) is 9.74. The number of amides is 6. The maximum atomic E-state index is 13.4. The Hall–Kier alpha value is -4.60. The van der Waals surface area contributed by atoms with Gasteiger partial charge >= 0.3 is 11.9 Å². The van der Waals surface area contributed by atoms with Gasteiger partial charge in [-0.2, -0.15) is 0 Å². The lowest BCUT2D eigenvalue weighted by atomic mass is 9.95. The lowest BCUT2D eigenvalue weighted by Gasteiger charge is -2.47. The smallest absolute Gasteiger partial charge is 0.326 e. The Morgan fingerprint density at radius 1 is 0.797 bits per heavy atom.